The molecule has 2 atom stereocenters. The van der Waals surface area contributed by atoms with Crippen molar-refractivity contribution in [2.24, 2.45) is 22.7 Å². The Morgan fingerprint density at radius 1 is 1.10 bits per heavy atom. The van der Waals surface area contributed by atoms with Gasteiger partial charge in [0.05, 0.1) is 38.4 Å². The number of hydrazone groups is 1. The van der Waals surface area contributed by atoms with E-state index in [9.17, 15) is 9.59 Å². The van der Waals surface area contributed by atoms with Gasteiger partial charge in [0.25, 0.3) is 0 Å². The monoisotopic (exact) mass is 426 g/mol. The Hall–Kier alpha value is -2.87. The molecule has 2 unspecified atom stereocenters. The van der Waals surface area contributed by atoms with Gasteiger partial charge in [0, 0.05) is 24.6 Å². The summed E-state index contributed by atoms with van der Waals surface area (Å²) >= 11 is 0. The van der Waals surface area contributed by atoms with Gasteiger partial charge in [-0.05, 0) is 43.9 Å². The molecule has 0 aromatic heterocycles. The molecular weight excluding hydrogens is 396 g/mol. The average Bonchev–Trinajstić information content (AvgIpc) is 2.79. The highest BCUT2D eigenvalue weighted by Gasteiger charge is 2.42. The Morgan fingerprint density at radius 3 is 2.42 bits per heavy atom. The van der Waals surface area contributed by atoms with Gasteiger partial charge in [0.1, 0.15) is 0 Å². The van der Waals surface area contributed by atoms with E-state index < -0.39 is 0 Å². The number of fused-ring (bicyclic) bond motifs is 1. The van der Waals surface area contributed by atoms with E-state index in [4.69, 9.17) is 20.3 Å². The Bertz CT molecular complexity index is 905. The fourth-order valence-corrected chi connectivity index (χ4v) is 4.87. The molecule has 1 aliphatic carbocycles. The molecule has 2 heterocycles. The summed E-state index contributed by atoms with van der Waals surface area (Å²) in [6.45, 7) is 1.72. The number of methoxy groups -OCH3 is 2. The van der Waals surface area contributed by atoms with Crippen LogP contribution in [0, 0.1) is 11.8 Å². The number of nitrogens with two attached hydrogens (primary N) is 1. The van der Waals surface area contributed by atoms with Crippen LogP contribution in [-0.2, 0) is 9.59 Å². The number of primary amides is 1. The van der Waals surface area contributed by atoms with Gasteiger partial charge in [0.15, 0.2) is 11.5 Å². The molecule has 2 amide bonds. The number of carbonyl (C=O) groups excluding carboxylic acids is 2. The number of hydrogen-bond donors (Lipinski definition) is 1. The van der Waals surface area contributed by atoms with Gasteiger partial charge in [-0.2, -0.15) is 5.10 Å². The zero-order valence-electron chi connectivity index (χ0n) is 18.1. The van der Waals surface area contributed by atoms with Crippen LogP contribution < -0.4 is 15.2 Å². The molecular formula is C23H30N4O4. The minimum Gasteiger partial charge on any atom is -0.493 e. The average molecular weight is 427 g/mol. The summed E-state index contributed by atoms with van der Waals surface area (Å²) in [4.78, 5) is 26.6. The van der Waals surface area contributed by atoms with Crippen LogP contribution in [-0.4, -0.2) is 67.3 Å². The predicted octanol–water partition coefficient (Wildman–Crippen LogP) is 1.78. The molecule has 2 N–H and O–H groups in total. The number of amides is 2. The van der Waals surface area contributed by atoms with E-state index in [1.165, 1.54) is 0 Å². The molecule has 1 saturated heterocycles. The van der Waals surface area contributed by atoms with E-state index in [2.05, 4.69) is 12.2 Å². The number of hydrogen-bond acceptors (Lipinski definition) is 6. The number of piperidine rings is 1. The van der Waals surface area contributed by atoms with Crippen molar-refractivity contribution < 1.29 is 19.1 Å². The number of rotatable bonds is 6. The molecule has 3 aliphatic rings. The predicted molar refractivity (Wildman–Crippen MR) is 117 cm³/mol. The van der Waals surface area contributed by atoms with E-state index in [0.717, 1.165) is 50.0 Å². The summed E-state index contributed by atoms with van der Waals surface area (Å²) in [5.74, 6) is 1.05. The van der Waals surface area contributed by atoms with Gasteiger partial charge >= 0.3 is 0 Å². The SMILES string of the molecule is COc1ccc(C2=NN(C3CCN(CC(N)=O)CC3)C(=O)C3CC=CCC23)cc1OC. The maximum atomic E-state index is 13.4. The zero-order valence-corrected chi connectivity index (χ0v) is 18.1. The molecule has 1 fully saturated rings. The van der Waals surface area contributed by atoms with Crippen molar-refractivity contribution in [1.82, 2.24) is 9.91 Å². The van der Waals surface area contributed by atoms with Crippen molar-refractivity contribution in [3.63, 3.8) is 0 Å². The first-order valence-electron chi connectivity index (χ1n) is 10.8. The summed E-state index contributed by atoms with van der Waals surface area (Å²) in [6.07, 6.45) is 7.32. The van der Waals surface area contributed by atoms with Crippen LogP contribution in [0.15, 0.2) is 35.5 Å². The molecule has 0 bridgehead atoms. The van der Waals surface area contributed by atoms with Crippen molar-refractivity contribution in [3.05, 3.63) is 35.9 Å². The van der Waals surface area contributed by atoms with Crippen LogP contribution in [0.4, 0.5) is 0 Å². The molecule has 0 saturated carbocycles. The van der Waals surface area contributed by atoms with Crippen LogP contribution >= 0.6 is 0 Å². The Morgan fingerprint density at radius 2 is 1.77 bits per heavy atom. The highest BCUT2D eigenvalue weighted by molar-refractivity contribution is 6.07. The lowest BCUT2D eigenvalue weighted by molar-refractivity contribution is -0.141. The van der Waals surface area contributed by atoms with Gasteiger partial charge in [-0.15, -0.1) is 0 Å². The van der Waals surface area contributed by atoms with Crippen LogP contribution in [0.2, 0.25) is 0 Å². The molecule has 31 heavy (non-hydrogen) atoms. The van der Waals surface area contributed by atoms with Crippen molar-refractivity contribution in [3.8, 4) is 11.5 Å². The summed E-state index contributed by atoms with van der Waals surface area (Å²) < 4.78 is 10.9. The summed E-state index contributed by atoms with van der Waals surface area (Å²) in [6, 6.07) is 5.83. The van der Waals surface area contributed by atoms with Crippen molar-refractivity contribution in [2.45, 2.75) is 31.7 Å². The first kappa shape index (κ1) is 21.4. The maximum absolute atomic E-state index is 13.4. The minimum absolute atomic E-state index is 0.0265. The van der Waals surface area contributed by atoms with E-state index in [-0.39, 0.29) is 36.2 Å². The van der Waals surface area contributed by atoms with Crippen molar-refractivity contribution >= 4 is 17.5 Å². The van der Waals surface area contributed by atoms with E-state index in [1.54, 1.807) is 19.2 Å². The normalized spacial score (nSPS) is 24.5. The first-order valence-corrected chi connectivity index (χ1v) is 10.8. The van der Waals surface area contributed by atoms with Gasteiger partial charge in [-0.25, -0.2) is 5.01 Å². The third kappa shape index (κ3) is 4.30. The Labute approximate surface area is 182 Å². The maximum Gasteiger partial charge on any atom is 0.247 e. The second kappa shape index (κ2) is 9.09. The smallest absolute Gasteiger partial charge is 0.247 e. The lowest BCUT2D eigenvalue weighted by atomic mass is 9.76. The summed E-state index contributed by atoms with van der Waals surface area (Å²) in [5, 5.41) is 6.63. The molecule has 1 aromatic carbocycles. The lowest BCUT2D eigenvalue weighted by Crippen LogP contribution is -2.52. The molecule has 166 valence electrons. The largest absolute Gasteiger partial charge is 0.493 e. The van der Waals surface area contributed by atoms with Crippen LogP contribution in [0.1, 0.15) is 31.2 Å². The summed E-state index contributed by atoms with van der Waals surface area (Å²) in [5.41, 5.74) is 7.21. The van der Waals surface area contributed by atoms with Crippen LogP contribution in [0.3, 0.4) is 0 Å². The Balaban J connectivity index is 1.64. The number of carbonyl (C=O) groups is 2. The highest BCUT2D eigenvalue weighted by atomic mass is 16.5. The Kier molecular flexibility index (Phi) is 6.27. The van der Waals surface area contributed by atoms with Crippen molar-refractivity contribution in [1.29, 1.82) is 0 Å². The number of ether oxygens (including phenoxy) is 2. The molecule has 2 aliphatic heterocycles. The number of benzene rings is 1. The molecule has 8 heteroatoms. The van der Waals surface area contributed by atoms with Gasteiger partial charge in [0.2, 0.25) is 11.8 Å². The molecule has 4 rings (SSSR count). The molecule has 0 radical (unpaired) electrons. The van der Waals surface area contributed by atoms with Gasteiger partial charge < -0.3 is 15.2 Å². The second-order valence-electron chi connectivity index (χ2n) is 8.37. The van der Waals surface area contributed by atoms with Gasteiger partial charge in [-0.3, -0.25) is 14.5 Å². The quantitative estimate of drug-likeness (QED) is 0.700. The van der Waals surface area contributed by atoms with Gasteiger partial charge in [-0.1, -0.05) is 12.2 Å². The number of nitrogens with zero attached hydrogens (tertiary/aromatic N) is 3. The first-order chi connectivity index (χ1) is 15.0. The van der Waals surface area contributed by atoms with E-state index in [1.807, 2.05) is 23.1 Å². The summed E-state index contributed by atoms with van der Waals surface area (Å²) in [7, 11) is 3.23. The van der Waals surface area contributed by atoms with Crippen LogP contribution in [0.5, 0.6) is 11.5 Å². The fourth-order valence-electron chi connectivity index (χ4n) is 4.87. The highest BCUT2D eigenvalue weighted by Crippen LogP contribution is 2.38. The standard InChI is InChI=1S/C23H30N4O4/c1-30-19-8-7-15(13-20(19)31-2)22-17-5-3-4-6-18(17)23(29)27(25-22)16-9-11-26(12-10-16)14-21(24)28/h3-4,7-8,13,16-18H,5-6,9-12,14H2,1-2H3,(H2,24,28). The lowest BCUT2D eigenvalue weighted by Gasteiger charge is -2.42. The number of likely N-dealkylation sites (tertiary alicyclic amines) is 1. The zero-order chi connectivity index (χ0) is 22.0. The number of allylic oxidation sites excluding steroid dienone is 2. The third-order valence-corrected chi connectivity index (χ3v) is 6.50. The molecule has 0 spiro atoms. The van der Waals surface area contributed by atoms with E-state index >= 15 is 0 Å². The fraction of sp³-hybridized carbons (Fsp3) is 0.522. The van der Waals surface area contributed by atoms with Crippen LogP contribution in [0.25, 0.3) is 0 Å². The molecule has 1 aromatic rings. The minimum atomic E-state index is -0.321. The second-order valence-corrected chi connectivity index (χ2v) is 8.37. The van der Waals surface area contributed by atoms with E-state index in [0.29, 0.717) is 11.5 Å². The van der Waals surface area contributed by atoms with Crippen molar-refractivity contribution in [2.75, 3.05) is 33.9 Å². The molecule has 8 nitrogen and oxygen atoms in total. The topological polar surface area (TPSA) is 97.5 Å². The third-order valence-electron chi connectivity index (χ3n) is 6.50.